The molecule has 0 amide bonds. The Labute approximate surface area is 77.9 Å². The van der Waals surface area contributed by atoms with Crippen LogP contribution in [0.15, 0.2) is 18.2 Å². The van der Waals surface area contributed by atoms with Crippen molar-refractivity contribution in [1.82, 2.24) is 5.32 Å². The Morgan fingerprint density at radius 1 is 1.46 bits per heavy atom. The standard InChI is InChI=1S/C11H13NO/c1-8-2-3-10-9(6-8)11(7-13-10)4-5-12-11/h2-3,6,12H,4-5,7H2,1H3/t11-/m0/s1. The number of hydrogen-bond acceptors (Lipinski definition) is 2. The zero-order valence-electron chi connectivity index (χ0n) is 7.76. The Bertz CT molecular complexity index is 355. The van der Waals surface area contributed by atoms with E-state index in [1.807, 2.05) is 0 Å². The predicted octanol–water partition coefficient (Wildman–Crippen LogP) is 1.58. The first-order chi connectivity index (χ1) is 6.30. The number of ether oxygens (including phenoxy) is 1. The Kier molecular flexibility index (Phi) is 1.29. The first kappa shape index (κ1) is 7.39. The molecule has 2 aliphatic rings. The van der Waals surface area contributed by atoms with E-state index < -0.39 is 0 Å². The summed E-state index contributed by atoms with van der Waals surface area (Å²) in [6.07, 6.45) is 1.21. The second-order valence-electron chi connectivity index (χ2n) is 4.05. The molecule has 1 atom stereocenters. The van der Waals surface area contributed by atoms with Gasteiger partial charge in [-0.1, -0.05) is 17.7 Å². The van der Waals surface area contributed by atoms with Gasteiger partial charge in [-0.05, 0) is 26.0 Å². The van der Waals surface area contributed by atoms with E-state index in [0.717, 1.165) is 18.9 Å². The summed E-state index contributed by atoms with van der Waals surface area (Å²) < 4.78 is 5.65. The van der Waals surface area contributed by atoms with Gasteiger partial charge in [-0.2, -0.15) is 0 Å². The van der Waals surface area contributed by atoms with Crippen molar-refractivity contribution in [2.75, 3.05) is 13.2 Å². The van der Waals surface area contributed by atoms with Gasteiger partial charge >= 0.3 is 0 Å². The summed E-state index contributed by atoms with van der Waals surface area (Å²) in [5.74, 6) is 1.07. The molecular formula is C11H13NO. The highest BCUT2D eigenvalue weighted by atomic mass is 16.5. The maximum Gasteiger partial charge on any atom is 0.124 e. The number of aryl methyl sites for hydroxylation is 1. The molecule has 0 bridgehead atoms. The van der Waals surface area contributed by atoms with E-state index in [1.165, 1.54) is 17.5 Å². The van der Waals surface area contributed by atoms with E-state index >= 15 is 0 Å². The molecule has 0 radical (unpaired) electrons. The fourth-order valence-corrected chi connectivity index (χ4v) is 2.20. The lowest BCUT2D eigenvalue weighted by Gasteiger charge is -2.38. The van der Waals surface area contributed by atoms with Crippen molar-refractivity contribution in [2.24, 2.45) is 0 Å². The van der Waals surface area contributed by atoms with Gasteiger partial charge in [0.25, 0.3) is 0 Å². The van der Waals surface area contributed by atoms with Crippen LogP contribution in [-0.2, 0) is 5.54 Å². The highest BCUT2D eigenvalue weighted by Gasteiger charge is 2.45. The van der Waals surface area contributed by atoms with E-state index in [0.29, 0.717) is 0 Å². The first-order valence-corrected chi connectivity index (χ1v) is 4.79. The molecule has 0 aromatic heterocycles. The van der Waals surface area contributed by atoms with Gasteiger partial charge in [-0.15, -0.1) is 0 Å². The predicted molar refractivity (Wildman–Crippen MR) is 51.0 cm³/mol. The smallest absolute Gasteiger partial charge is 0.124 e. The van der Waals surface area contributed by atoms with Gasteiger partial charge in [-0.25, -0.2) is 0 Å². The molecule has 0 saturated carbocycles. The van der Waals surface area contributed by atoms with Crippen LogP contribution < -0.4 is 10.1 Å². The number of rotatable bonds is 0. The molecule has 2 aliphatic heterocycles. The van der Waals surface area contributed by atoms with Crippen molar-refractivity contribution in [3.05, 3.63) is 29.3 Å². The van der Waals surface area contributed by atoms with Crippen molar-refractivity contribution < 1.29 is 4.74 Å². The van der Waals surface area contributed by atoms with Crippen LogP contribution in [0.4, 0.5) is 0 Å². The van der Waals surface area contributed by atoms with Crippen LogP contribution in [0.2, 0.25) is 0 Å². The summed E-state index contributed by atoms with van der Waals surface area (Å²) in [6, 6.07) is 6.43. The molecule has 1 spiro atoms. The van der Waals surface area contributed by atoms with E-state index in [-0.39, 0.29) is 5.54 Å². The van der Waals surface area contributed by atoms with E-state index in [2.05, 4.69) is 30.4 Å². The number of nitrogens with one attached hydrogen (secondary N) is 1. The third-order valence-corrected chi connectivity index (χ3v) is 3.14. The lowest BCUT2D eigenvalue weighted by molar-refractivity contribution is 0.154. The Morgan fingerprint density at radius 2 is 2.31 bits per heavy atom. The van der Waals surface area contributed by atoms with Gasteiger partial charge in [0.1, 0.15) is 12.4 Å². The summed E-state index contributed by atoms with van der Waals surface area (Å²) in [7, 11) is 0. The number of fused-ring (bicyclic) bond motifs is 2. The number of benzene rings is 1. The second kappa shape index (κ2) is 2.26. The fraction of sp³-hybridized carbons (Fsp3) is 0.455. The summed E-state index contributed by atoms with van der Waals surface area (Å²) in [4.78, 5) is 0. The molecule has 1 fully saturated rings. The fourth-order valence-electron chi connectivity index (χ4n) is 2.20. The molecule has 2 nitrogen and oxygen atoms in total. The largest absolute Gasteiger partial charge is 0.491 e. The molecule has 2 heterocycles. The van der Waals surface area contributed by atoms with E-state index in [9.17, 15) is 0 Å². The maximum atomic E-state index is 5.65. The van der Waals surface area contributed by atoms with Gasteiger partial charge in [0.2, 0.25) is 0 Å². The van der Waals surface area contributed by atoms with Crippen molar-refractivity contribution in [1.29, 1.82) is 0 Å². The molecule has 1 N–H and O–H groups in total. The van der Waals surface area contributed by atoms with Crippen molar-refractivity contribution in [2.45, 2.75) is 18.9 Å². The SMILES string of the molecule is Cc1ccc2c(c1)[C@]1(CCN1)CO2. The summed E-state index contributed by atoms with van der Waals surface area (Å²) >= 11 is 0. The zero-order valence-corrected chi connectivity index (χ0v) is 7.76. The van der Waals surface area contributed by atoms with Crippen LogP contribution in [0, 0.1) is 6.92 Å². The van der Waals surface area contributed by atoms with E-state index in [1.54, 1.807) is 0 Å². The number of hydrogen-bond donors (Lipinski definition) is 1. The molecule has 0 unspecified atom stereocenters. The molecule has 1 aromatic carbocycles. The Morgan fingerprint density at radius 3 is 3.00 bits per heavy atom. The van der Waals surface area contributed by atoms with Crippen molar-refractivity contribution in [3.8, 4) is 5.75 Å². The normalized spacial score (nSPS) is 29.6. The molecule has 0 aliphatic carbocycles. The van der Waals surface area contributed by atoms with Gasteiger partial charge in [-0.3, -0.25) is 0 Å². The van der Waals surface area contributed by atoms with Crippen LogP contribution in [0.1, 0.15) is 17.5 Å². The molecule has 1 saturated heterocycles. The van der Waals surface area contributed by atoms with Crippen molar-refractivity contribution in [3.63, 3.8) is 0 Å². The minimum Gasteiger partial charge on any atom is -0.491 e. The second-order valence-corrected chi connectivity index (χ2v) is 4.05. The van der Waals surface area contributed by atoms with Crippen LogP contribution in [-0.4, -0.2) is 13.2 Å². The third-order valence-electron chi connectivity index (χ3n) is 3.14. The minimum atomic E-state index is 0.168. The lowest BCUT2D eigenvalue weighted by Crippen LogP contribution is -2.55. The average molecular weight is 175 g/mol. The van der Waals surface area contributed by atoms with Crippen LogP contribution in [0.25, 0.3) is 0 Å². The zero-order chi connectivity index (χ0) is 8.89. The van der Waals surface area contributed by atoms with Crippen LogP contribution >= 0.6 is 0 Å². The van der Waals surface area contributed by atoms with Gasteiger partial charge in [0, 0.05) is 5.56 Å². The topological polar surface area (TPSA) is 21.3 Å². The Hall–Kier alpha value is -1.02. The maximum absolute atomic E-state index is 5.65. The molecule has 2 heteroatoms. The van der Waals surface area contributed by atoms with E-state index in [4.69, 9.17) is 4.74 Å². The average Bonchev–Trinajstić information content (AvgIpc) is 2.41. The van der Waals surface area contributed by atoms with Gasteiger partial charge in [0.05, 0.1) is 5.54 Å². The quantitative estimate of drug-likeness (QED) is 0.646. The molecule has 68 valence electrons. The molecular weight excluding hydrogens is 162 g/mol. The van der Waals surface area contributed by atoms with Gasteiger partial charge in [0.15, 0.2) is 0 Å². The highest BCUT2D eigenvalue weighted by molar-refractivity contribution is 5.46. The van der Waals surface area contributed by atoms with Crippen LogP contribution in [0.5, 0.6) is 5.75 Å². The lowest BCUT2D eigenvalue weighted by atomic mass is 9.82. The minimum absolute atomic E-state index is 0.168. The highest BCUT2D eigenvalue weighted by Crippen LogP contribution is 2.42. The van der Waals surface area contributed by atoms with Crippen molar-refractivity contribution >= 4 is 0 Å². The third kappa shape index (κ3) is 0.866. The first-order valence-electron chi connectivity index (χ1n) is 4.79. The molecule has 13 heavy (non-hydrogen) atoms. The van der Waals surface area contributed by atoms with Crippen LogP contribution in [0.3, 0.4) is 0 Å². The summed E-state index contributed by atoms with van der Waals surface area (Å²) in [5, 5.41) is 3.48. The monoisotopic (exact) mass is 175 g/mol. The van der Waals surface area contributed by atoms with Gasteiger partial charge < -0.3 is 10.1 Å². The summed E-state index contributed by atoms with van der Waals surface area (Å²) in [5.41, 5.74) is 2.84. The Balaban J connectivity index is 2.14. The molecule has 1 aromatic rings. The summed E-state index contributed by atoms with van der Waals surface area (Å²) in [6.45, 7) is 4.06. The molecule has 3 rings (SSSR count).